The quantitative estimate of drug-likeness (QED) is 0.747. The van der Waals surface area contributed by atoms with Crippen molar-refractivity contribution in [2.24, 2.45) is 0 Å². The molecule has 0 aliphatic heterocycles. The Morgan fingerprint density at radius 2 is 2.00 bits per heavy atom. The van der Waals surface area contributed by atoms with E-state index in [2.05, 4.69) is 0 Å². The maximum absolute atomic E-state index is 13.0. The predicted octanol–water partition coefficient (Wildman–Crippen LogP) is 1.91. The van der Waals surface area contributed by atoms with Gasteiger partial charge in [0.25, 0.3) is 0 Å². The van der Waals surface area contributed by atoms with Gasteiger partial charge in [0, 0.05) is 6.42 Å². The zero-order valence-corrected chi connectivity index (χ0v) is 8.25. The molecular formula is C9H8ClFO4. The zero-order valence-electron chi connectivity index (χ0n) is 7.50. The number of hydrogen-bond donors (Lipinski definition) is 3. The van der Waals surface area contributed by atoms with E-state index >= 15 is 0 Å². The topological polar surface area (TPSA) is 77.8 Å². The number of halogens is 2. The molecule has 4 nitrogen and oxygen atoms in total. The number of aromatic hydroxyl groups is 2. The fraction of sp³-hybridized carbons (Fsp3) is 0.222. The number of carboxylic acid groups (broad SMARTS) is 1. The van der Waals surface area contributed by atoms with E-state index in [9.17, 15) is 14.3 Å². The molecule has 0 unspecified atom stereocenters. The van der Waals surface area contributed by atoms with Crippen molar-refractivity contribution in [1.29, 1.82) is 0 Å². The summed E-state index contributed by atoms with van der Waals surface area (Å²) in [4.78, 5) is 10.3. The molecule has 0 radical (unpaired) electrons. The van der Waals surface area contributed by atoms with E-state index in [4.69, 9.17) is 21.8 Å². The Labute approximate surface area is 89.5 Å². The van der Waals surface area contributed by atoms with Gasteiger partial charge in [0.15, 0.2) is 11.6 Å². The minimum Gasteiger partial charge on any atom is -0.506 e. The average molecular weight is 235 g/mol. The van der Waals surface area contributed by atoms with Crippen molar-refractivity contribution in [3.8, 4) is 11.5 Å². The molecule has 0 spiro atoms. The maximum atomic E-state index is 13.0. The molecule has 1 aromatic rings. The van der Waals surface area contributed by atoms with Crippen LogP contribution in [0, 0.1) is 5.82 Å². The van der Waals surface area contributed by atoms with Crippen LogP contribution < -0.4 is 0 Å². The molecule has 0 fully saturated rings. The molecule has 1 aromatic carbocycles. The van der Waals surface area contributed by atoms with E-state index in [0.717, 1.165) is 6.07 Å². The summed E-state index contributed by atoms with van der Waals surface area (Å²) in [6.45, 7) is 0. The van der Waals surface area contributed by atoms with Gasteiger partial charge < -0.3 is 15.3 Å². The fourth-order valence-electron chi connectivity index (χ4n) is 1.08. The number of carbonyl (C=O) groups is 1. The number of aliphatic carboxylic acids is 1. The van der Waals surface area contributed by atoms with Gasteiger partial charge in [-0.15, -0.1) is 0 Å². The van der Waals surface area contributed by atoms with Gasteiger partial charge in [-0.2, -0.15) is 0 Å². The number of hydrogen-bond acceptors (Lipinski definition) is 3. The largest absolute Gasteiger partial charge is 0.506 e. The van der Waals surface area contributed by atoms with Crippen molar-refractivity contribution < 1.29 is 24.5 Å². The molecule has 0 bridgehead atoms. The SMILES string of the molecule is O=C(O)CCc1cc(F)c(O)c(Cl)c1O. The van der Waals surface area contributed by atoms with Gasteiger partial charge in [-0.3, -0.25) is 4.79 Å². The third-order valence-electron chi connectivity index (χ3n) is 1.86. The third-order valence-corrected chi connectivity index (χ3v) is 2.21. The Bertz CT molecular complexity index is 406. The van der Waals surface area contributed by atoms with Crippen LogP contribution in [-0.4, -0.2) is 21.3 Å². The molecule has 0 aromatic heterocycles. The first-order valence-electron chi connectivity index (χ1n) is 4.04. The number of carboxylic acids is 1. The van der Waals surface area contributed by atoms with Gasteiger partial charge in [0.05, 0.1) is 0 Å². The van der Waals surface area contributed by atoms with Crippen molar-refractivity contribution in [2.45, 2.75) is 12.8 Å². The molecule has 3 N–H and O–H groups in total. The Kier molecular flexibility index (Phi) is 3.36. The number of phenols is 2. The van der Waals surface area contributed by atoms with Crippen LogP contribution in [0.1, 0.15) is 12.0 Å². The zero-order chi connectivity index (χ0) is 11.6. The van der Waals surface area contributed by atoms with E-state index in [1.807, 2.05) is 0 Å². The summed E-state index contributed by atoms with van der Waals surface area (Å²) in [5.74, 6) is -3.39. The predicted molar refractivity (Wildman–Crippen MR) is 50.7 cm³/mol. The van der Waals surface area contributed by atoms with Crippen molar-refractivity contribution in [1.82, 2.24) is 0 Å². The Hall–Kier alpha value is -1.49. The fourth-order valence-corrected chi connectivity index (χ4v) is 1.29. The van der Waals surface area contributed by atoms with Crippen LogP contribution in [0.4, 0.5) is 4.39 Å². The van der Waals surface area contributed by atoms with Gasteiger partial charge in [0.2, 0.25) is 0 Å². The minimum absolute atomic E-state index is 0.0534. The molecule has 0 amide bonds. The Balaban J connectivity index is 3.04. The Morgan fingerprint density at radius 3 is 2.53 bits per heavy atom. The second-order valence-corrected chi connectivity index (χ2v) is 3.30. The summed E-state index contributed by atoms with van der Waals surface area (Å²) >= 11 is 5.42. The second-order valence-electron chi connectivity index (χ2n) is 2.92. The summed E-state index contributed by atoms with van der Waals surface area (Å²) in [7, 11) is 0. The Morgan fingerprint density at radius 1 is 1.40 bits per heavy atom. The standard InChI is InChI=1S/C9H8ClFO4/c10-7-8(14)4(1-2-6(12)13)3-5(11)9(7)15/h3,14-15H,1-2H2,(H,12,13). The van der Waals surface area contributed by atoms with Crippen LogP contribution in [0.15, 0.2) is 6.07 Å². The van der Waals surface area contributed by atoms with E-state index in [1.54, 1.807) is 0 Å². The average Bonchev–Trinajstić information content (AvgIpc) is 2.18. The van der Waals surface area contributed by atoms with Crippen LogP contribution >= 0.6 is 11.6 Å². The molecule has 0 aliphatic carbocycles. The van der Waals surface area contributed by atoms with Gasteiger partial charge in [-0.1, -0.05) is 11.6 Å². The maximum Gasteiger partial charge on any atom is 0.303 e. The molecule has 0 saturated carbocycles. The first kappa shape index (κ1) is 11.6. The number of benzene rings is 1. The highest BCUT2D eigenvalue weighted by atomic mass is 35.5. The van der Waals surface area contributed by atoms with Crippen LogP contribution in [0.3, 0.4) is 0 Å². The van der Waals surface area contributed by atoms with Crippen LogP contribution in [0.2, 0.25) is 5.02 Å². The molecule has 0 saturated heterocycles. The van der Waals surface area contributed by atoms with E-state index in [-0.39, 0.29) is 18.4 Å². The number of rotatable bonds is 3. The first-order valence-corrected chi connectivity index (χ1v) is 4.42. The normalized spacial score (nSPS) is 10.3. The summed E-state index contributed by atoms with van der Waals surface area (Å²) in [5, 5.41) is 26.3. The lowest BCUT2D eigenvalue weighted by Crippen LogP contribution is -1.98. The van der Waals surface area contributed by atoms with Crippen molar-refractivity contribution in [2.75, 3.05) is 0 Å². The lowest BCUT2D eigenvalue weighted by molar-refractivity contribution is -0.136. The molecule has 15 heavy (non-hydrogen) atoms. The van der Waals surface area contributed by atoms with E-state index in [1.165, 1.54) is 0 Å². The lowest BCUT2D eigenvalue weighted by atomic mass is 10.1. The highest BCUT2D eigenvalue weighted by molar-refractivity contribution is 6.33. The van der Waals surface area contributed by atoms with Gasteiger partial charge in [-0.05, 0) is 18.1 Å². The molecular weight excluding hydrogens is 227 g/mol. The minimum atomic E-state index is -1.07. The van der Waals surface area contributed by atoms with Crippen molar-refractivity contribution in [3.63, 3.8) is 0 Å². The van der Waals surface area contributed by atoms with Crippen LogP contribution in [-0.2, 0) is 11.2 Å². The molecule has 6 heteroatoms. The summed E-state index contributed by atoms with van der Waals surface area (Å²) in [6, 6.07) is 0.861. The first-order chi connectivity index (χ1) is 6.93. The molecule has 82 valence electrons. The summed E-state index contributed by atoms with van der Waals surface area (Å²) in [6.07, 6.45) is -0.313. The second kappa shape index (κ2) is 4.35. The van der Waals surface area contributed by atoms with Gasteiger partial charge in [-0.25, -0.2) is 4.39 Å². The van der Waals surface area contributed by atoms with Crippen molar-refractivity contribution in [3.05, 3.63) is 22.5 Å². The van der Waals surface area contributed by atoms with Gasteiger partial charge >= 0.3 is 5.97 Å². The summed E-state index contributed by atoms with van der Waals surface area (Å²) < 4.78 is 13.0. The van der Waals surface area contributed by atoms with Crippen molar-refractivity contribution >= 4 is 17.6 Å². The summed E-state index contributed by atoms with van der Waals surface area (Å²) in [5.41, 5.74) is 0.0534. The monoisotopic (exact) mass is 234 g/mol. The molecule has 0 atom stereocenters. The highest BCUT2D eigenvalue weighted by Gasteiger charge is 2.16. The van der Waals surface area contributed by atoms with E-state index < -0.39 is 28.3 Å². The van der Waals surface area contributed by atoms with Crippen LogP contribution in [0.25, 0.3) is 0 Å². The van der Waals surface area contributed by atoms with E-state index in [0.29, 0.717) is 0 Å². The van der Waals surface area contributed by atoms with Gasteiger partial charge in [0.1, 0.15) is 10.8 Å². The van der Waals surface area contributed by atoms with Crippen LogP contribution in [0.5, 0.6) is 11.5 Å². The smallest absolute Gasteiger partial charge is 0.303 e. The lowest BCUT2D eigenvalue weighted by Gasteiger charge is -2.07. The third kappa shape index (κ3) is 2.50. The molecule has 1 rings (SSSR count). The molecule has 0 heterocycles. The molecule has 0 aliphatic rings. The highest BCUT2D eigenvalue weighted by Crippen LogP contribution is 2.37. The number of phenolic OH excluding ortho intramolecular Hbond substituents is 2. The number of aryl methyl sites for hydroxylation is 1.